The molecule has 2 unspecified atom stereocenters. The van der Waals surface area contributed by atoms with Gasteiger partial charge < -0.3 is 5.32 Å². The van der Waals surface area contributed by atoms with Crippen LogP contribution in [0.4, 0.5) is 0 Å². The van der Waals surface area contributed by atoms with Crippen LogP contribution in [0.5, 0.6) is 0 Å². The molecular formula is C20H28N2. The first kappa shape index (κ1) is 15.5. The second-order valence-electron chi connectivity index (χ2n) is 6.87. The van der Waals surface area contributed by atoms with Gasteiger partial charge in [-0.2, -0.15) is 0 Å². The molecule has 1 N–H and O–H groups in total. The minimum absolute atomic E-state index is 0.0314. The van der Waals surface area contributed by atoms with Crippen LogP contribution in [0, 0.1) is 5.92 Å². The number of hydrogen-bond donors (Lipinski definition) is 1. The molecule has 0 radical (unpaired) electrons. The molecule has 3 rings (SSSR count). The summed E-state index contributed by atoms with van der Waals surface area (Å²) in [6.07, 6.45) is 22.1. The zero-order chi connectivity index (χ0) is 15.4. The minimum atomic E-state index is -0.0314. The molecule has 0 aromatic carbocycles. The summed E-state index contributed by atoms with van der Waals surface area (Å²) in [7, 11) is 2.09. The van der Waals surface area contributed by atoms with E-state index in [-0.39, 0.29) is 5.54 Å². The molecule has 2 aliphatic carbocycles. The predicted octanol–water partition coefficient (Wildman–Crippen LogP) is 4.72. The fourth-order valence-electron chi connectivity index (χ4n) is 3.99. The Morgan fingerprint density at radius 3 is 3.05 bits per heavy atom. The Balaban J connectivity index is 2.13. The third kappa shape index (κ3) is 3.17. The highest BCUT2D eigenvalue weighted by Crippen LogP contribution is 2.38. The van der Waals surface area contributed by atoms with Crippen molar-refractivity contribution in [2.24, 2.45) is 10.9 Å². The van der Waals surface area contributed by atoms with Gasteiger partial charge in [-0.15, -0.1) is 0 Å². The first-order valence-electron chi connectivity index (χ1n) is 8.71. The molecule has 0 saturated carbocycles. The number of fused-ring (bicyclic) bond motifs is 3. The number of allylic oxidation sites excluding steroid dienone is 5. The van der Waals surface area contributed by atoms with Gasteiger partial charge in [-0.1, -0.05) is 36.8 Å². The maximum Gasteiger partial charge on any atom is 0.0635 e. The number of nitrogens with one attached hydrogen (secondary N) is 1. The smallest absolute Gasteiger partial charge is 0.0635 e. The summed E-state index contributed by atoms with van der Waals surface area (Å²) in [5.74, 6) is 0.775. The summed E-state index contributed by atoms with van der Waals surface area (Å²) in [4.78, 5) is 4.93. The van der Waals surface area contributed by atoms with E-state index in [4.69, 9.17) is 4.99 Å². The Morgan fingerprint density at radius 1 is 1.27 bits per heavy atom. The molecule has 0 spiro atoms. The third-order valence-corrected chi connectivity index (χ3v) is 5.33. The van der Waals surface area contributed by atoms with Crippen LogP contribution in [0.15, 0.2) is 52.2 Å². The molecule has 2 nitrogen and oxygen atoms in total. The Morgan fingerprint density at radius 2 is 2.18 bits per heavy atom. The zero-order valence-electron chi connectivity index (χ0n) is 13.9. The Kier molecular flexibility index (Phi) is 4.77. The van der Waals surface area contributed by atoms with Gasteiger partial charge in [0.25, 0.3) is 0 Å². The zero-order valence-corrected chi connectivity index (χ0v) is 13.9. The van der Waals surface area contributed by atoms with Crippen LogP contribution >= 0.6 is 0 Å². The highest BCUT2D eigenvalue weighted by molar-refractivity contribution is 5.78. The lowest BCUT2D eigenvalue weighted by Crippen LogP contribution is -2.43. The van der Waals surface area contributed by atoms with Crippen LogP contribution in [-0.4, -0.2) is 18.8 Å². The maximum atomic E-state index is 4.93. The van der Waals surface area contributed by atoms with Gasteiger partial charge in [-0.05, 0) is 69.6 Å². The lowest BCUT2D eigenvalue weighted by atomic mass is 9.77. The predicted molar refractivity (Wildman–Crippen MR) is 95.2 cm³/mol. The van der Waals surface area contributed by atoms with E-state index in [1.807, 2.05) is 0 Å². The molecule has 1 heterocycles. The summed E-state index contributed by atoms with van der Waals surface area (Å²) in [6.45, 7) is 2.17. The number of nitrogens with zero attached hydrogens (tertiary/aromatic N) is 1. The van der Waals surface area contributed by atoms with Crippen LogP contribution in [0.25, 0.3) is 0 Å². The molecular weight excluding hydrogens is 268 g/mol. The van der Waals surface area contributed by atoms with Gasteiger partial charge in [0, 0.05) is 11.9 Å². The maximum absolute atomic E-state index is 4.93. The van der Waals surface area contributed by atoms with Crippen LogP contribution < -0.4 is 5.32 Å². The van der Waals surface area contributed by atoms with Crippen molar-refractivity contribution in [1.82, 2.24) is 5.32 Å². The van der Waals surface area contributed by atoms with Crippen LogP contribution in [0.3, 0.4) is 0 Å². The van der Waals surface area contributed by atoms with Gasteiger partial charge in [-0.25, -0.2) is 0 Å². The number of rotatable bonds is 1. The standard InChI is InChI=1S/C20H28N2/c1-16-8-6-9-17-10-7-13-20(21-2)12-5-3-4-11-18(20)19(14-17)22-15-16/h4-5,8,11-12,15,17,21H,3,6-7,9-10,13-14H2,1-2H3/b16-8-,19-18+,22-15-. The van der Waals surface area contributed by atoms with Gasteiger partial charge in [0.2, 0.25) is 0 Å². The van der Waals surface area contributed by atoms with Crippen molar-refractivity contribution in [3.05, 3.63) is 47.2 Å². The van der Waals surface area contributed by atoms with Crippen LogP contribution in [0.2, 0.25) is 0 Å². The lowest BCUT2D eigenvalue weighted by Gasteiger charge is -2.36. The van der Waals surface area contributed by atoms with Gasteiger partial charge in [0.05, 0.1) is 5.54 Å². The quantitative estimate of drug-likeness (QED) is 0.696. The number of aliphatic imine (C=N–C) groups is 1. The van der Waals surface area contributed by atoms with Crippen molar-refractivity contribution in [2.75, 3.05) is 7.05 Å². The summed E-state index contributed by atoms with van der Waals surface area (Å²) >= 11 is 0. The molecule has 1 aliphatic heterocycles. The van der Waals surface area contributed by atoms with Crippen LogP contribution in [0.1, 0.15) is 51.9 Å². The average Bonchev–Trinajstić information content (AvgIpc) is 2.65. The Labute approximate surface area is 134 Å². The minimum Gasteiger partial charge on any atom is -0.307 e. The van der Waals surface area contributed by atoms with E-state index in [2.05, 4.69) is 55.9 Å². The summed E-state index contributed by atoms with van der Waals surface area (Å²) in [5, 5.41) is 3.61. The first-order valence-corrected chi connectivity index (χ1v) is 8.71. The SMILES string of the molecule is CNC12C=CCC=C\C1=C1CC(CC\C=C(C)/C=N\1)CCC2. The monoisotopic (exact) mass is 296 g/mol. The van der Waals surface area contributed by atoms with Gasteiger partial charge in [0.1, 0.15) is 0 Å². The molecule has 3 aliphatic rings. The van der Waals surface area contributed by atoms with Gasteiger partial charge in [0.15, 0.2) is 0 Å². The summed E-state index contributed by atoms with van der Waals surface area (Å²) in [6, 6.07) is 0. The molecule has 2 atom stereocenters. The van der Waals surface area contributed by atoms with Gasteiger partial charge in [-0.3, -0.25) is 4.99 Å². The first-order chi connectivity index (χ1) is 10.7. The van der Waals surface area contributed by atoms with E-state index < -0.39 is 0 Å². The van der Waals surface area contributed by atoms with Crippen molar-refractivity contribution in [1.29, 1.82) is 0 Å². The molecule has 2 heteroatoms. The fourth-order valence-corrected chi connectivity index (χ4v) is 3.99. The molecule has 0 aromatic heterocycles. The average molecular weight is 296 g/mol. The summed E-state index contributed by atoms with van der Waals surface area (Å²) < 4.78 is 0. The number of hydrogen-bond acceptors (Lipinski definition) is 2. The summed E-state index contributed by atoms with van der Waals surface area (Å²) in [5.41, 5.74) is 3.94. The lowest BCUT2D eigenvalue weighted by molar-refractivity contribution is 0.366. The van der Waals surface area contributed by atoms with Crippen molar-refractivity contribution < 1.29 is 0 Å². The Bertz CT molecular complexity index is 562. The molecule has 2 bridgehead atoms. The van der Waals surface area contributed by atoms with Crippen molar-refractivity contribution >= 4 is 6.21 Å². The molecule has 0 fully saturated rings. The molecule has 0 amide bonds. The van der Waals surface area contributed by atoms with E-state index >= 15 is 0 Å². The van der Waals surface area contributed by atoms with E-state index in [0.717, 1.165) is 18.8 Å². The normalized spacial score (nSPS) is 39.2. The largest absolute Gasteiger partial charge is 0.307 e. The molecule has 22 heavy (non-hydrogen) atoms. The van der Waals surface area contributed by atoms with Crippen LogP contribution in [-0.2, 0) is 0 Å². The Hall–Kier alpha value is -1.41. The second kappa shape index (κ2) is 6.78. The highest BCUT2D eigenvalue weighted by Gasteiger charge is 2.33. The van der Waals surface area contributed by atoms with Gasteiger partial charge >= 0.3 is 0 Å². The highest BCUT2D eigenvalue weighted by atomic mass is 14.9. The molecule has 118 valence electrons. The van der Waals surface area contributed by atoms with E-state index in [0.29, 0.717) is 0 Å². The van der Waals surface area contributed by atoms with Crippen molar-refractivity contribution in [3.8, 4) is 0 Å². The van der Waals surface area contributed by atoms with E-state index in [9.17, 15) is 0 Å². The fraction of sp³-hybridized carbons (Fsp3) is 0.550. The van der Waals surface area contributed by atoms with Crippen molar-refractivity contribution in [3.63, 3.8) is 0 Å². The van der Waals surface area contributed by atoms with E-state index in [1.54, 1.807) is 0 Å². The second-order valence-corrected chi connectivity index (χ2v) is 6.87. The molecule has 0 saturated heterocycles. The third-order valence-electron chi connectivity index (χ3n) is 5.33. The van der Waals surface area contributed by atoms with Crippen molar-refractivity contribution in [2.45, 2.75) is 57.4 Å². The van der Waals surface area contributed by atoms with E-state index in [1.165, 1.54) is 48.9 Å². The molecule has 0 aromatic rings. The number of likely N-dealkylation sites (N-methyl/N-ethyl adjacent to an activating group) is 1. The topological polar surface area (TPSA) is 24.4 Å².